The number of aryl methyl sites for hydroxylation is 2. The maximum atomic E-state index is 13.8. The van der Waals surface area contributed by atoms with Gasteiger partial charge in [-0.05, 0) is 56.0 Å². The average Bonchev–Trinajstić information content (AvgIpc) is 3.74. The third-order valence-electron chi connectivity index (χ3n) is 6.58. The van der Waals surface area contributed by atoms with E-state index in [0.717, 1.165) is 28.5 Å². The Kier molecular flexibility index (Phi) is 6.20. The van der Waals surface area contributed by atoms with Gasteiger partial charge in [-0.3, -0.25) is 9.59 Å². The van der Waals surface area contributed by atoms with Gasteiger partial charge < -0.3 is 10.1 Å². The van der Waals surface area contributed by atoms with E-state index < -0.39 is 29.7 Å². The van der Waals surface area contributed by atoms with Gasteiger partial charge in [0.25, 0.3) is 5.56 Å². The zero-order valence-electron chi connectivity index (χ0n) is 20.8. The molecule has 1 N–H and O–H groups in total. The van der Waals surface area contributed by atoms with Crippen LogP contribution in [0.25, 0.3) is 16.7 Å². The second-order valence-corrected chi connectivity index (χ2v) is 9.22. The molecule has 0 saturated heterocycles. The minimum absolute atomic E-state index is 0.0213. The molecule has 0 bridgehead atoms. The molecule has 0 spiro atoms. The van der Waals surface area contributed by atoms with Crippen molar-refractivity contribution in [3.8, 4) is 5.69 Å². The van der Waals surface area contributed by atoms with E-state index in [2.05, 4.69) is 10.3 Å². The van der Waals surface area contributed by atoms with Crippen molar-refractivity contribution < 1.29 is 14.3 Å². The molecule has 188 valence electrons. The minimum atomic E-state index is -0.779. The molecule has 2 heterocycles. The van der Waals surface area contributed by atoms with Gasteiger partial charge in [-0.15, -0.1) is 0 Å². The number of pyridine rings is 1. The van der Waals surface area contributed by atoms with Crippen molar-refractivity contribution in [1.29, 1.82) is 0 Å². The van der Waals surface area contributed by atoms with E-state index in [0.29, 0.717) is 17.1 Å². The Morgan fingerprint density at radius 2 is 1.70 bits per heavy atom. The van der Waals surface area contributed by atoms with Crippen LogP contribution in [0.4, 0.5) is 5.69 Å². The Hall–Kier alpha value is -4.53. The maximum Gasteiger partial charge on any atom is 0.338 e. The summed E-state index contributed by atoms with van der Waals surface area (Å²) >= 11 is 0. The zero-order valence-corrected chi connectivity index (χ0v) is 20.8. The molecule has 9 nitrogen and oxygen atoms in total. The molecule has 0 unspecified atom stereocenters. The summed E-state index contributed by atoms with van der Waals surface area (Å²) in [5, 5.41) is 2.75. The number of ether oxygens (including phenoxy) is 1. The number of carbonyl (C=O) groups excluding carboxylic acids is 2. The van der Waals surface area contributed by atoms with Crippen molar-refractivity contribution in [1.82, 2.24) is 14.1 Å². The highest BCUT2D eigenvalue weighted by Gasteiger charge is 2.30. The summed E-state index contributed by atoms with van der Waals surface area (Å²) in [5.74, 6) is -1.10. The first-order valence-electron chi connectivity index (χ1n) is 12.0. The number of benzene rings is 2. The number of rotatable bonds is 6. The van der Waals surface area contributed by atoms with Gasteiger partial charge in [-0.2, -0.15) is 0 Å². The first-order chi connectivity index (χ1) is 17.8. The zero-order chi connectivity index (χ0) is 26.3. The van der Waals surface area contributed by atoms with Gasteiger partial charge in [0, 0.05) is 17.3 Å². The van der Waals surface area contributed by atoms with Gasteiger partial charge >= 0.3 is 11.7 Å². The number of carbonyl (C=O) groups is 2. The van der Waals surface area contributed by atoms with Crippen LogP contribution in [0.3, 0.4) is 0 Å². The Bertz CT molecular complexity index is 1650. The highest BCUT2D eigenvalue weighted by Crippen LogP contribution is 2.40. The minimum Gasteiger partial charge on any atom is -0.465 e. The molecule has 2 aromatic carbocycles. The van der Waals surface area contributed by atoms with Crippen LogP contribution in [-0.4, -0.2) is 33.1 Å². The Morgan fingerprint density at radius 3 is 2.32 bits per heavy atom. The van der Waals surface area contributed by atoms with E-state index in [1.165, 1.54) is 11.7 Å². The molecule has 0 radical (unpaired) electrons. The fraction of sp³-hybridized carbons (Fsp3) is 0.250. The lowest BCUT2D eigenvalue weighted by molar-refractivity contribution is -0.116. The number of fused-ring (bicyclic) bond motifs is 1. The number of esters is 1. The molecule has 1 aliphatic rings. The number of nitrogens with one attached hydrogen (secondary N) is 1. The topological polar surface area (TPSA) is 112 Å². The molecule has 4 aromatic rings. The number of nitrogens with zero attached hydrogens (tertiary/aromatic N) is 3. The largest absolute Gasteiger partial charge is 0.465 e. The molecule has 1 aliphatic carbocycles. The Balaban J connectivity index is 1.74. The number of para-hydroxylation sites is 2. The normalized spacial score (nSPS) is 12.9. The molecule has 9 heteroatoms. The first kappa shape index (κ1) is 24.2. The molecule has 1 fully saturated rings. The van der Waals surface area contributed by atoms with Crippen LogP contribution >= 0.6 is 0 Å². The second kappa shape index (κ2) is 9.50. The molecular weight excluding hydrogens is 472 g/mol. The van der Waals surface area contributed by atoms with Gasteiger partial charge in [-0.1, -0.05) is 36.4 Å². The molecule has 5 rings (SSSR count). The summed E-state index contributed by atoms with van der Waals surface area (Å²) in [6, 6.07) is 15.9. The van der Waals surface area contributed by atoms with E-state index in [9.17, 15) is 19.2 Å². The third-order valence-corrected chi connectivity index (χ3v) is 6.58. The quantitative estimate of drug-likeness (QED) is 0.408. The number of anilines is 1. The summed E-state index contributed by atoms with van der Waals surface area (Å²) in [6.07, 6.45) is 1.81. The average molecular weight is 499 g/mol. The molecule has 2 aromatic heterocycles. The fourth-order valence-electron chi connectivity index (χ4n) is 4.50. The van der Waals surface area contributed by atoms with Gasteiger partial charge in [0.15, 0.2) is 5.65 Å². The van der Waals surface area contributed by atoms with E-state index in [-0.39, 0.29) is 22.5 Å². The number of hydrogen-bond acceptors (Lipinski definition) is 6. The van der Waals surface area contributed by atoms with Gasteiger partial charge in [-0.25, -0.2) is 23.7 Å². The molecular formula is C28H26N4O5. The van der Waals surface area contributed by atoms with E-state index in [1.807, 2.05) is 32.0 Å². The van der Waals surface area contributed by atoms with Crippen LogP contribution in [0.5, 0.6) is 0 Å². The molecule has 0 aliphatic heterocycles. The van der Waals surface area contributed by atoms with Crippen LogP contribution < -0.4 is 16.6 Å². The van der Waals surface area contributed by atoms with Crippen molar-refractivity contribution in [2.45, 2.75) is 39.2 Å². The third kappa shape index (κ3) is 4.44. The standard InChI is InChI=1S/C28H26N4O5/c1-16-8-7-9-17(2)24(16)30-22(33)15-31-26(34)23-20(27(35)37-3)14-21(18-12-13-18)29-25(23)32(28(31)36)19-10-5-4-6-11-19/h4-11,14,18H,12-13,15H2,1-3H3,(H,30,33). The van der Waals surface area contributed by atoms with Crippen LogP contribution in [0.2, 0.25) is 0 Å². The van der Waals surface area contributed by atoms with Crippen molar-refractivity contribution >= 4 is 28.6 Å². The van der Waals surface area contributed by atoms with E-state index >= 15 is 0 Å². The van der Waals surface area contributed by atoms with Gasteiger partial charge in [0.1, 0.15) is 6.54 Å². The van der Waals surface area contributed by atoms with E-state index in [1.54, 1.807) is 36.4 Å². The Morgan fingerprint density at radius 1 is 1.03 bits per heavy atom. The molecule has 37 heavy (non-hydrogen) atoms. The predicted molar refractivity (Wildman–Crippen MR) is 139 cm³/mol. The van der Waals surface area contributed by atoms with Crippen LogP contribution in [0, 0.1) is 13.8 Å². The lowest BCUT2D eigenvalue weighted by Gasteiger charge is -2.17. The molecule has 1 saturated carbocycles. The van der Waals surface area contributed by atoms with Crippen molar-refractivity contribution in [2.75, 3.05) is 12.4 Å². The summed E-state index contributed by atoms with van der Waals surface area (Å²) in [7, 11) is 1.23. The van der Waals surface area contributed by atoms with Crippen LogP contribution in [0.1, 0.15) is 45.9 Å². The van der Waals surface area contributed by atoms with Crippen molar-refractivity contribution in [2.24, 2.45) is 0 Å². The SMILES string of the molecule is COC(=O)c1cc(C2CC2)nc2c1c(=O)n(CC(=O)Nc1c(C)cccc1C)c(=O)n2-c1ccccc1. The number of amides is 1. The molecule has 0 atom stereocenters. The van der Waals surface area contributed by atoms with E-state index in [4.69, 9.17) is 4.74 Å². The Labute approximate surface area is 212 Å². The van der Waals surface area contributed by atoms with Crippen molar-refractivity contribution in [3.63, 3.8) is 0 Å². The number of methoxy groups -OCH3 is 1. The van der Waals surface area contributed by atoms with Crippen molar-refractivity contribution in [3.05, 3.63) is 97.8 Å². The predicted octanol–water partition coefficient (Wildman–Crippen LogP) is 3.47. The monoisotopic (exact) mass is 498 g/mol. The van der Waals surface area contributed by atoms with Crippen LogP contribution in [0.15, 0.2) is 64.2 Å². The fourth-order valence-corrected chi connectivity index (χ4v) is 4.50. The van der Waals surface area contributed by atoms with Gasteiger partial charge in [0.05, 0.1) is 23.7 Å². The highest BCUT2D eigenvalue weighted by atomic mass is 16.5. The highest BCUT2D eigenvalue weighted by molar-refractivity contribution is 6.02. The van der Waals surface area contributed by atoms with Crippen LogP contribution in [-0.2, 0) is 16.1 Å². The summed E-state index contributed by atoms with van der Waals surface area (Å²) < 4.78 is 7.09. The summed E-state index contributed by atoms with van der Waals surface area (Å²) in [6.45, 7) is 3.18. The summed E-state index contributed by atoms with van der Waals surface area (Å²) in [5.41, 5.74) is 1.99. The lowest BCUT2D eigenvalue weighted by Crippen LogP contribution is -2.43. The summed E-state index contributed by atoms with van der Waals surface area (Å²) in [4.78, 5) is 58.0. The first-order valence-corrected chi connectivity index (χ1v) is 12.0. The smallest absolute Gasteiger partial charge is 0.338 e. The number of aromatic nitrogens is 3. The maximum absolute atomic E-state index is 13.8. The number of hydrogen-bond donors (Lipinski definition) is 1. The van der Waals surface area contributed by atoms with Gasteiger partial charge in [0.2, 0.25) is 5.91 Å². The second-order valence-electron chi connectivity index (χ2n) is 9.22. The molecule has 1 amide bonds. The lowest BCUT2D eigenvalue weighted by atomic mass is 10.1.